The zero-order chi connectivity index (χ0) is 8.48. The molecule has 1 heterocycles. The fraction of sp³-hybridized carbons (Fsp3) is 0.429. The Morgan fingerprint density at radius 3 is 2.45 bits per heavy atom. The molecule has 0 aliphatic carbocycles. The Balaban J connectivity index is 2.98. The largest absolute Gasteiger partial charge is 0.297 e. The summed E-state index contributed by atoms with van der Waals surface area (Å²) in [5.41, 5.74) is 0. The molecule has 0 bridgehead atoms. The summed E-state index contributed by atoms with van der Waals surface area (Å²) in [6.07, 6.45) is 2.52. The van der Waals surface area contributed by atoms with Gasteiger partial charge in [0.05, 0.1) is 9.51 Å². The van der Waals surface area contributed by atoms with E-state index in [4.69, 9.17) is 0 Å². The summed E-state index contributed by atoms with van der Waals surface area (Å²) in [6.45, 7) is 6.67. The molecule has 0 aliphatic rings. The van der Waals surface area contributed by atoms with Gasteiger partial charge in [0.1, 0.15) is 8.07 Å². The fourth-order valence-corrected chi connectivity index (χ4v) is 3.20. The van der Waals surface area contributed by atoms with Crippen LogP contribution in [0.25, 0.3) is 0 Å². The van der Waals surface area contributed by atoms with E-state index in [1.807, 2.05) is 0 Å². The smallest absolute Gasteiger partial charge is 0.161 e. The Bertz CT molecular complexity index is 264. The van der Waals surface area contributed by atoms with E-state index in [2.05, 4.69) is 24.6 Å². The van der Waals surface area contributed by atoms with Crippen molar-refractivity contribution >= 4 is 30.3 Å². The van der Waals surface area contributed by atoms with Gasteiger partial charge >= 0.3 is 0 Å². The first kappa shape index (κ1) is 8.61. The van der Waals surface area contributed by atoms with Crippen LogP contribution in [0.4, 0.5) is 0 Å². The van der Waals surface area contributed by atoms with E-state index in [-0.39, 0.29) is 0 Å². The first-order valence-corrected chi connectivity index (χ1v) is 7.77. The maximum atomic E-state index is 10.3. The summed E-state index contributed by atoms with van der Waals surface area (Å²) in [4.78, 5) is 15.3. The van der Waals surface area contributed by atoms with Gasteiger partial charge in [-0.2, -0.15) is 0 Å². The number of aromatic nitrogens is 1. The first-order chi connectivity index (χ1) is 5.04. The molecule has 0 spiro atoms. The molecule has 0 aromatic carbocycles. The van der Waals surface area contributed by atoms with Crippen molar-refractivity contribution in [2.24, 2.45) is 0 Å². The third kappa shape index (κ3) is 1.97. The molecule has 0 unspecified atom stereocenters. The molecule has 0 saturated heterocycles. The van der Waals surface area contributed by atoms with Crippen molar-refractivity contribution < 1.29 is 4.79 Å². The molecular formula is C7H11NOSSi. The minimum Gasteiger partial charge on any atom is -0.297 e. The summed E-state index contributed by atoms with van der Waals surface area (Å²) in [6, 6.07) is 0. The van der Waals surface area contributed by atoms with Crippen LogP contribution in [0.1, 0.15) is 9.67 Å². The van der Waals surface area contributed by atoms with Gasteiger partial charge in [-0.15, -0.1) is 11.3 Å². The molecule has 1 aromatic heterocycles. The maximum absolute atomic E-state index is 10.3. The molecule has 0 N–H and O–H groups in total. The zero-order valence-corrected chi connectivity index (χ0v) is 8.73. The fourth-order valence-electron chi connectivity index (χ4n) is 0.688. The molecular weight excluding hydrogens is 174 g/mol. The van der Waals surface area contributed by atoms with Gasteiger partial charge < -0.3 is 0 Å². The molecule has 2 nitrogen and oxygen atoms in total. The van der Waals surface area contributed by atoms with Gasteiger partial charge in [-0.1, -0.05) is 19.6 Å². The van der Waals surface area contributed by atoms with Crippen molar-refractivity contribution in [3.8, 4) is 0 Å². The number of thiazole rings is 1. The van der Waals surface area contributed by atoms with Gasteiger partial charge in [0, 0.05) is 6.20 Å². The third-order valence-corrected chi connectivity index (χ3v) is 5.57. The molecule has 0 aliphatic heterocycles. The highest BCUT2D eigenvalue weighted by Crippen LogP contribution is 2.07. The molecule has 0 radical (unpaired) electrons. The lowest BCUT2D eigenvalue weighted by Crippen LogP contribution is -2.36. The van der Waals surface area contributed by atoms with Crippen LogP contribution in [0.2, 0.25) is 19.6 Å². The molecule has 0 saturated carbocycles. The van der Waals surface area contributed by atoms with E-state index < -0.39 is 8.07 Å². The Morgan fingerprint density at radius 2 is 2.18 bits per heavy atom. The summed E-state index contributed by atoms with van der Waals surface area (Å²) in [5, 5.41) is 0. The topological polar surface area (TPSA) is 30.0 Å². The Labute approximate surface area is 71.3 Å². The molecule has 1 aromatic rings. The number of nitrogens with zero attached hydrogens (tertiary/aromatic N) is 1. The lowest BCUT2D eigenvalue weighted by molar-refractivity contribution is 0.112. The van der Waals surface area contributed by atoms with Crippen LogP contribution >= 0.6 is 11.3 Å². The number of hydrogen-bond donors (Lipinski definition) is 0. The molecule has 60 valence electrons. The molecule has 0 atom stereocenters. The van der Waals surface area contributed by atoms with E-state index in [9.17, 15) is 4.79 Å². The highest BCUT2D eigenvalue weighted by molar-refractivity contribution is 7.26. The van der Waals surface area contributed by atoms with Crippen molar-refractivity contribution in [1.82, 2.24) is 4.98 Å². The average molecular weight is 185 g/mol. The average Bonchev–Trinajstić information content (AvgIpc) is 2.32. The van der Waals surface area contributed by atoms with Crippen LogP contribution < -0.4 is 4.63 Å². The van der Waals surface area contributed by atoms with E-state index in [0.29, 0.717) is 0 Å². The molecule has 4 heteroatoms. The zero-order valence-electron chi connectivity index (χ0n) is 6.92. The third-order valence-electron chi connectivity index (χ3n) is 1.28. The highest BCUT2D eigenvalue weighted by atomic mass is 32.1. The van der Waals surface area contributed by atoms with Gasteiger partial charge in [0.15, 0.2) is 6.29 Å². The van der Waals surface area contributed by atoms with Gasteiger partial charge in [-0.25, -0.2) is 0 Å². The second-order valence-electron chi connectivity index (χ2n) is 3.44. The van der Waals surface area contributed by atoms with Crippen LogP contribution in [0.15, 0.2) is 6.20 Å². The van der Waals surface area contributed by atoms with Crippen molar-refractivity contribution in [3.63, 3.8) is 0 Å². The van der Waals surface area contributed by atoms with Gasteiger partial charge in [0.25, 0.3) is 0 Å². The van der Waals surface area contributed by atoms with Crippen LogP contribution in [0.3, 0.4) is 0 Å². The van der Waals surface area contributed by atoms with Crippen molar-refractivity contribution in [2.75, 3.05) is 0 Å². The molecule has 11 heavy (non-hydrogen) atoms. The minimum absolute atomic E-state index is 0.738. The molecule has 1 rings (SSSR count). The Morgan fingerprint density at radius 1 is 1.55 bits per heavy atom. The predicted molar refractivity (Wildman–Crippen MR) is 50.5 cm³/mol. The summed E-state index contributed by atoms with van der Waals surface area (Å²) >= 11 is 1.52. The Hall–Kier alpha value is -0.483. The van der Waals surface area contributed by atoms with E-state index in [1.165, 1.54) is 11.3 Å². The number of hydrogen-bond acceptors (Lipinski definition) is 3. The van der Waals surface area contributed by atoms with Crippen LogP contribution in [0, 0.1) is 0 Å². The van der Waals surface area contributed by atoms with E-state index >= 15 is 0 Å². The maximum Gasteiger partial charge on any atom is 0.161 e. The van der Waals surface area contributed by atoms with E-state index in [0.717, 1.165) is 15.8 Å². The van der Waals surface area contributed by atoms with Crippen molar-refractivity contribution in [1.29, 1.82) is 0 Å². The van der Waals surface area contributed by atoms with Crippen LogP contribution in [-0.2, 0) is 0 Å². The lowest BCUT2D eigenvalue weighted by atomic mass is 10.6. The standard InChI is InChI=1S/C7H11NOSSi/c1-11(2,3)7-8-4-6(5-9)10-7/h4-5H,1-3H3. The second-order valence-corrected chi connectivity index (χ2v) is 9.83. The first-order valence-electron chi connectivity index (χ1n) is 3.45. The van der Waals surface area contributed by atoms with Gasteiger partial charge in [0.2, 0.25) is 0 Å². The number of carbonyl (C=O) groups excluding carboxylic acids is 1. The molecule has 0 fully saturated rings. The molecule has 0 amide bonds. The Kier molecular flexibility index (Phi) is 2.24. The van der Waals surface area contributed by atoms with Crippen molar-refractivity contribution in [3.05, 3.63) is 11.1 Å². The summed E-state index contributed by atoms with van der Waals surface area (Å²) in [7, 11) is -1.28. The normalized spacial score (nSPS) is 11.5. The summed E-state index contributed by atoms with van der Waals surface area (Å²) in [5.74, 6) is 0. The van der Waals surface area contributed by atoms with Crippen molar-refractivity contribution in [2.45, 2.75) is 19.6 Å². The van der Waals surface area contributed by atoms with Gasteiger partial charge in [-0.05, 0) is 0 Å². The number of aldehydes is 1. The number of rotatable bonds is 2. The predicted octanol–water partition coefficient (Wildman–Crippen LogP) is 1.50. The van der Waals surface area contributed by atoms with Gasteiger partial charge in [-0.3, -0.25) is 9.78 Å². The monoisotopic (exact) mass is 185 g/mol. The SMILES string of the molecule is C[Si](C)(C)c1ncc(C=O)s1. The van der Waals surface area contributed by atoms with Crippen LogP contribution in [0.5, 0.6) is 0 Å². The van der Waals surface area contributed by atoms with E-state index in [1.54, 1.807) is 6.20 Å². The lowest BCUT2D eigenvalue weighted by Gasteiger charge is -2.09. The second kappa shape index (κ2) is 2.87. The van der Waals surface area contributed by atoms with Crippen LogP contribution in [-0.4, -0.2) is 19.3 Å². The highest BCUT2D eigenvalue weighted by Gasteiger charge is 2.20. The minimum atomic E-state index is -1.28. The summed E-state index contributed by atoms with van der Waals surface area (Å²) < 4.78 is 1.15. The quantitative estimate of drug-likeness (QED) is 0.516. The number of carbonyl (C=O) groups is 1.